The molecule has 0 radical (unpaired) electrons. The number of halogens is 1. The molecule has 1 aliphatic heterocycles. The standard InChI is InChI=1S/C18H19FN6/c1-12-8-17(22-10-20-12)24-14-4-6-25(7-5-14)18-15-9-13(19)2-3-16(15)21-11-23-18/h2-3,8-11,14H,4-7H2,1H3,(H,20,22,24). The highest BCUT2D eigenvalue weighted by Gasteiger charge is 2.22. The van der Waals surface area contributed by atoms with E-state index in [0.717, 1.165) is 54.2 Å². The number of piperidine rings is 1. The van der Waals surface area contributed by atoms with Gasteiger partial charge < -0.3 is 10.2 Å². The second kappa shape index (κ2) is 6.58. The molecule has 0 saturated carbocycles. The summed E-state index contributed by atoms with van der Waals surface area (Å²) in [6.07, 6.45) is 5.05. The molecule has 0 unspecified atom stereocenters. The van der Waals surface area contributed by atoms with Crippen LogP contribution in [-0.2, 0) is 0 Å². The lowest BCUT2D eigenvalue weighted by molar-refractivity contribution is 0.523. The number of fused-ring (bicyclic) bond motifs is 1. The summed E-state index contributed by atoms with van der Waals surface area (Å²) in [5.41, 5.74) is 1.72. The van der Waals surface area contributed by atoms with Gasteiger partial charge in [-0.3, -0.25) is 0 Å². The summed E-state index contributed by atoms with van der Waals surface area (Å²) in [6.45, 7) is 3.66. The molecule has 25 heavy (non-hydrogen) atoms. The highest BCUT2D eigenvalue weighted by molar-refractivity contribution is 5.89. The first kappa shape index (κ1) is 15.7. The minimum Gasteiger partial charge on any atom is -0.367 e. The number of aromatic nitrogens is 4. The quantitative estimate of drug-likeness (QED) is 0.792. The first-order valence-corrected chi connectivity index (χ1v) is 8.39. The highest BCUT2D eigenvalue weighted by Crippen LogP contribution is 2.27. The first-order valence-electron chi connectivity index (χ1n) is 8.39. The van der Waals surface area contributed by atoms with Gasteiger partial charge in [0.25, 0.3) is 0 Å². The number of hydrogen-bond acceptors (Lipinski definition) is 6. The lowest BCUT2D eigenvalue weighted by Gasteiger charge is -2.33. The summed E-state index contributed by atoms with van der Waals surface area (Å²) < 4.78 is 13.6. The molecule has 0 spiro atoms. The van der Waals surface area contributed by atoms with Crippen molar-refractivity contribution in [2.45, 2.75) is 25.8 Å². The summed E-state index contributed by atoms with van der Waals surface area (Å²) >= 11 is 0. The molecule has 1 aromatic carbocycles. The summed E-state index contributed by atoms with van der Waals surface area (Å²) in [4.78, 5) is 19.2. The smallest absolute Gasteiger partial charge is 0.139 e. The van der Waals surface area contributed by atoms with Crippen LogP contribution in [-0.4, -0.2) is 39.1 Å². The van der Waals surface area contributed by atoms with E-state index in [1.165, 1.54) is 12.1 Å². The second-order valence-electron chi connectivity index (χ2n) is 6.31. The molecule has 128 valence electrons. The molecule has 1 saturated heterocycles. The van der Waals surface area contributed by atoms with Gasteiger partial charge in [0.15, 0.2) is 0 Å². The van der Waals surface area contributed by atoms with Crippen molar-refractivity contribution >= 4 is 22.5 Å². The van der Waals surface area contributed by atoms with E-state index in [2.05, 4.69) is 30.2 Å². The van der Waals surface area contributed by atoms with Crippen LogP contribution in [0.1, 0.15) is 18.5 Å². The molecule has 1 fully saturated rings. The van der Waals surface area contributed by atoms with Gasteiger partial charge in [-0.1, -0.05) is 0 Å². The van der Waals surface area contributed by atoms with Gasteiger partial charge >= 0.3 is 0 Å². The average Bonchev–Trinajstić information content (AvgIpc) is 2.62. The van der Waals surface area contributed by atoms with Gasteiger partial charge in [0.05, 0.1) is 5.52 Å². The molecule has 4 rings (SSSR count). The fourth-order valence-electron chi connectivity index (χ4n) is 3.25. The van der Waals surface area contributed by atoms with Crippen molar-refractivity contribution in [1.29, 1.82) is 0 Å². The van der Waals surface area contributed by atoms with Gasteiger partial charge in [-0.05, 0) is 38.0 Å². The first-order chi connectivity index (χ1) is 12.2. The number of anilines is 2. The maximum absolute atomic E-state index is 13.6. The SMILES string of the molecule is Cc1cc(NC2CCN(c3ncnc4ccc(F)cc34)CC2)ncn1. The lowest BCUT2D eigenvalue weighted by atomic mass is 10.0. The summed E-state index contributed by atoms with van der Waals surface area (Å²) in [5, 5.41) is 4.23. The fraction of sp³-hybridized carbons (Fsp3) is 0.333. The van der Waals surface area contributed by atoms with Crippen LogP contribution in [0.25, 0.3) is 10.9 Å². The van der Waals surface area contributed by atoms with Crippen molar-refractivity contribution in [2.75, 3.05) is 23.3 Å². The molecular formula is C18H19FN6. The molecule has 1 aliphatic rings. The highest BCUT2D eigenvalue weighted by atomic mass is 19.1. The topological polar surface area (TPSA) is 66.8 Å². The minimum atomic E-state index is -0.265. The zero-order valence-electron chi connectivity index (χ0n) is 14.0. The number of benzene rings is 1. The average molecular weight is 338 g/mol. The number of nitrogens with zero attached hydrogens (tertiary/aromatic N) is 5. The van der Waals surface area contributed by atoms with E-state index in [-0.39, 0.29) is 5.82 Å². The molecule has 7 heteroatoms. The zero-order chi connectivity index (χ0) is 17.2. The van der Waals surface area contributed by atoms with Crippen molar-refractivity contribution in [3.8, 4) is 0 Å². The Morgan fingerprint density at radius 2 is 1.84 bits per heavy atom. The van der Waals surface area contributed by atoms with Gasteiger partial charge in [0.2, 0.25) is 0 Å². The van der Waals surface area contributed by atoms with Crippen LogP contribution in [0, 0.1) is 12.7 Å². The molecular weight excluding hydrogens is 319 g/mol. The second-order valence-corrected chi connectivity index (χ2v) is 6.31. The van der Waals surface area contributed by atoms with Crippen LogP contribution in [0.15, 0.2) is 36.9 Å². The third kappa shape index (κ3) is 3.35. The van der Waals surface area contributed by atoms with Crippen molar-refractivity contribution in [3.05, 3.63) is 48.4 Å². The molecule has 6 nitrogen and oxygen atoms in total. The van der Waals surface area contributed by atoms with Crippen molar-refractivity contribution in [1.82, 2.24) is 19.9 Å². The predicted octanol–water partition coefficient (Wildman–Crippen LogP) is 2.95. The van der Waals surface area contributed by atoms with Crippen molar-refractivity contribution < 1.29 is 4.39 Å². The van der Waals surface area contributed by atoms with Crippen molar-refractivity contribution in [2.24, 2.45) is 0 Å². The zero-order valence-corrected chi connectivity index (χ0v) is 14.0. The van der Waals surface area contributed by atoms with Gasteiger partial charge in [0, 0.05) is 36.3 Å². The Hall–Kier alpha value is -2.83. The maximum Gasteiger partial charge on any atom is 0.139 e. The fourth-order valence-corrected chi connectivity index (χ4v) is 3.25. The number of nitrogens with one attached hydrogen (secondary N) is 1. The molecule has 0 amide bonds. The third-order valence-electron chi connectivity index (χ3n) is 4.53. The van der Waals surface area contributed by atoms with Crippen LogP contribution >= 0.6 is 0 Å². The maximum atomic E-state index is 13.6. The number of hydrogen-bond donors (Lipinski definition) is 1. The monoisotopic (exact) mass is 338 g/mol. The third-order valence-corrected chi connectivity index (χ3v) is 4.53. The Kier molecular flexibility index (Phi) is 4.13. The molecule has 0 bridgehead atoms. The number of rotatable bonds is 3. The van der Waals surface area contributed by atoms with Crippen LogP contribution in [0.2, 0.25) is 0 Å². The van der Waals surface area contributed by atoms with Gasteiger partial charge in [-0.2, -0.15) is 0 Å². The van der Waals surface area contributed by atoms with E-state index in [0.29, 0.717) is 6.04 Å². The van der Waals surface area contributed by atoms with Gasteiger partial charge in [0.1, 0.15) is 30.1 Å². The largest absolute Gasteiger partial charge is 0.367 e. The van der Waals surface area contributed by atoms with Gasteiger partial charge in [-0.25, -0.2) is 24.3 Å². The molecule has 3 aromatic rings. The molecule has 1 N–H and O–H groups in total. The van der Waals surface area contributed by atoms with Crippen LogP contribution < -0.4 is 10.2 Å². The van der Waals surface area contributed by atoms with E-state index in [1.54, 1.807) is 18.7 Å². The normalized spacial score (nSPS) is 15.5. The Labute approximate surface area is 145 Å². The summed E-state index contributed by atoms with van der Waals surface area (Å²) in [5.74, 6) is 1.40. The molecule has 3 heterocycles. The van der Waals surface area contributed by atoms with Crippen LogP contribution in [0.4, 0.5) is 16.0 Å². The predicted molar refractivity (Wildman–Crippen MR) is 95.1 cm³/mol. The molecule has 2 aromatic heterocycles. The van der Waals surface area contributed by atoms with Crippen LogP contribution in [0.3, 0.4) is 0 Å². The number of aryl methyl sites for hydroxylation is 1. The molecule has 0 atom stereocenters. The van der Waals surface area contributed by atoms with E-state index in [4.69, 9.17) is 0 Å². The molecule has 0 aliphatic carbocycles. The summed E-state index contributed by atoms with van der Waals surface area (Å²) in [6, 6.07) is 6.95. The van der Waals surface area contributed by atoms with E-state index in [9.17, 15) is 4.39 Å². The Bertz CT molecular complexity index is 892. The Morgan fingerprint density at radius 1 is 1.04 bits per heavy atom. The Morgan fingerprint density at radius 3 is 2.64 bits per heavy atom. The lowest BCUT2D eigenvalue weighted by Crippen LogP contribution is -2.39. The van der Waals surface area contributed by atoms with Crippen molar-refractivity contribution in [3.63, 3.8) is 0 Å². The van der Waals surface area contributed by atoms with E-state index < -0.39 is 0 Å². The van der Waals surface area contributed by atoms with Gasteiger partial charge in [-0.15, -0.1) is 0 Å². The Balaban J connectivity index is 1.48. The van der Waals surface area contributed by atoms with E-state index >= 15 is 0 Å². The van der Waals surface area contributed by atoms with Crippen LogP contribution in [0.5, 0.6) is 0 Å². The minimum absolute atomic E-state index is 0.265. The summed E-state index contributed by atoms with van der Waals surface area (Å²) in [7, 11) is 0. The van der Waals surface area contributed by atoms with E-state index in [1.807, 2.05) is 13.0 Å².